The molecular formula is C4H9AlO. The van der Waals surface area contributed by atoms with Crippen molar-refractivity contribution >= 4 is 15.6 Å². The standard InChI is InChI=1S/C4H8O.Al.H/c1-2-3-4-5;;/h1-4H2;;/q-1;+1;. The molecule has 0 bridgehead atoms. The molecule has 0 amide bonds. The van der Waals surface area contributed by atoms with E-state index in [2.05, 4.69) is 0 Å². The third-order valence-corrected chi connectivity index (χ3v) is 2.44. The quantitative estimate of drug-likeness (QED) is 0.404. The summed E-state index contributed by atoms with van der Waals surface area (Å²) in [4.78, 5) is 0. The summed E-state index contributed by atoms with van der Waals surface area (Å²) >= 11 is 0.00849. The predicted molar refractivity (Wildman–Crippen MR) is 27.1 cm³/mol. The van der Waals surface area contributed by atoms with Gasteiger partial charge in [-0.1, -0.05) is 11.7 Å². The summed E-state index contributed by atoms with van der Waals surface area (Å²) in [7, 11) is 0. The van der Waals surface area contributed by atoms with Crippen LogP contribution in [-0.4, -0.2) is 22.2 Å². The van der Waals surface area contributed by atoms with Crippen LogP contribution in [0.3, 0.4) is 0 Å². The smallest absolute Gasteiger partial charge is 0.435 e. The van der Waals surface area contributed by atoms with Gasteiger partial charge in [0.05, 0.1) is 0 Å². The maximum absolute atomic E-state index is 5.21. The molecule has 0 aliphatic carbocycles. The lowest BCUT2D eigenvalue weighted by molar-refractivity contribution is 0.304. The average molecular weight is 100 g/mol. The van der Waals surface area contributed by atoms with Crippen molar-refractivity contribution in [3.05, 3.63) is 0 Å². The molecule has 1 rings (SSSR count). The van der Waals surface area contributed by atoms with Crippen LogP contribution in [0.4, 0.5) is 0 Å². The number of hydrogen-bond acceptors (Lipinski definition) is 1. The highest BCUT2D eigenvalue weighted by Gasteiger charge is 2.00. The molecule has 0 aromatic rings. The van der Waals surface area contributed by atoms with E-state index in [0.29, 0.717) is 0 Å². The molecule has 0 atom stereocenters. The lowest BCUT2D eigenvalue weighted by Gasteiger charge is -2.06. The largest absolute Gasteiger partial charge is 0.503 e. The van der Waals surface area contributed by atoms with Crippen molar-refractivity contribution in [3.63, 3.8) is 0 Å². The van der Waals surface area contributed by atoms with Crippen LogP contribution >= 0.6 is 0 Å². The summed E-state index contributed by atoms with van der Waals surface area (Å²) in [5.74, 6) is 0. The van der Waals surface area contributed by atoms with Crippen molar-refractivity contribution in [1.82, 2.24) is 0 Å². The van der Waals surface area contributed by atoms with Gasteiger partial charge in [0.1, 0.15) is 0 Å². The van der Waals surface area contributed by atoms with E-state index in [1.165, 1.54) is 18.1 Å². The van der Waals surface area contributed by atoms with Gasteiger partial charge in [-0.15, -0.1) is 0 Å². The fourth-order valence-corrected chi connectivity index (χ4v) is 1.86. The van der Waals surface area contributed by atoms with Crippen molar-refractivity contribution in [2.75, 3.05) is 6.61 Å². The first-order chi connectivity index (χ1) is 3.00. The third-order valence-electron chi connectivity index (χ3n) is 1.08. The van der Waals surface area contributed by atoms with Gasteiger partial charge in [-0.2, -0.15) is 0 Å². The molecule has 0 aromatic carbocycles. The Kier molecular flexibility index (Phi) is 2.04. The Labute approximate surface area is 44.7 Å². The van der Waals surface area contributed by atoms with Gasteiger partial charge in [-0.3, -0.25) is 0 Å². The molecule has 0 radical (unpaired) electrons. The van der Waals surface area contributed by atoms with Crippen LogP contribution in [0.25, 0.3) is 0 Å². The van der Waals surface area contributed by atoms with E-state index < -0.39 is 0 Å². The zero-order chi connectivity index (χ0) is 4.24. The monoisotopic (exact) mass is 100 g/mol. The maximum Gasteiger partial charge on any atom is 0.435 e. The second-order valence-electron chi connectivity index (χ2n) is 1.67. The molecule has 1 heterocycles. The first-order valence-electron chi connectivity index (χ1n) is 2.58. The lowest BCUT2D eigenvalue weighted by Crippen LogP contribution is -2.06. The minimum Gasteiger partial charge on any atom is -0.503 e. The molecular weight excluding hydrogens is 91.0 g/mol. The van der Waals surface area contributed by atoms with Crippen LogP contribution in [-0.2, 0) is 3.79 Å². The van der Waals surface area contributed by atoms with E-state index in [0.717, 1.165) is 6.61 Å². The van der Waals surface area contributed by atoms with Gasteiger partial charge in [0.15, 0.2) is 0 Å². The molecule has 2 heteroatoms. The molecule has 34 valence electrons. The maximum atomic E-state index is 5.21. The minimum absolute atomic E-state index is 0.00849. The highest BCUT2D eigenvalue weighted by molar-refractivity contribution is 6.27. The van der Waals surface area contributed by atoms with Gasteiger partial charge >= 0.3 is 15.6 Å². The summed E-state index contributed by atoms with van der Waals surface area (Å²) < 4.78 is 5.21. The van der Waals surface area contributed by atoms with E-state index in [1.807, 2.05) is 0 Å². The third kappa shape index (κ3) is 1.30. The molecule has 1 aliphatic heterocycles. The number of rotatable bonds is 0. The Hall–Kier alpha value is 0.492. The van der Waals surface area contributed by atoms with Gasteiger partial charge in [-0.05, 0) is 6.42 Å². The summed E-state index contributed by atoms with van der Waals surface area (Å²) in [5, 5.41) is 1.42. The zero-order valence-corrected chi connectivity index (χ0v) is 5.36. The van der Waals surface area contributed by atoms with Crippen LogP contribution in [0.5, 0.6) is 0 Å². The van der Waals surface area contributed by atoms with E-state index in [-0.39, 0.29) is 15.6 Å². The lowest BCUT2D eigenvalue weighted by atomic mass is 10.4. The summed E-state index contributed by atoms with van der Waals surface area (Å²) in [6, 6.07) is 0. The molecule has 1 aliphatic rings. The van der Waals surface area contributed by atoms with E-state index in [9.17, 15) is 0 Å². The highest BCUT2D eigenvalue weighted by atomic mass is 27.1. The van der Waals surface area contributed by atoms with Gasteiger partial charge < -0.3 is 3.79 Å². The van der Waals surface area contributed by atoms with Crippen LogP contribution in [0, 0.1) is 0 Å². The van der Waals surface area contributed by atoms with Crippen molar-refractivity contribution < 1.29 is 3.79 Å². The van der Waals surface area contributed by atoms with Gasteiger partial charge in [0.2, 0.25) is 0 Å². The van der Waals surface area contributed by atoms with E-state index in [4.69, 9.17) is 3.79 Å². The Morgan fingerprint density at radius 1 is 1.33 bits per heavy atom. The van der Waals surface area contributed by atoms with Crippen molar-refractivity contribution in [2.24, 2.45) is 0 Å². The first-order valence-corrected chi connectivity index (χ1v) is 4.15. The molecule has 0 saturated carbocycles. The molecule has 0 unspecified atom stereocenters. The number of hydrogen-bond donors (Lipinski definition) is 0. The average Bonchev–Trinajstić information content (AvgIpc) is 1.72. The van der Waals surface area contributed by atoms with Crippen LogP contribution in [0.15, 0.2) is 0 Å². The fraction of sp³-hybridized carbons (Fsp3) is 1.00. The molecule has 0 aromatic heterocycles. The van der Waals surface area contributed by atoms with Crippen LogP contribution in [0.1, 0.15) is 12.8 Å². The topological polar surface area (TPSA) is 9.23 Å². The Morgan fingerprint density at radius 3 is 2.50 bits per heavy atom. The summed E-state index contributed by atoms with van der Waals surface area (Å²) in [6.45, 7) is 1.06. The molecule has 0 spiro atoms. The molecule has 0 N–H and O–H groups in total. The summed E-state index contributed by atoms with van der Waals surface area (Å²) in [5.41, 5.74) is 0. The molecule has 1 nitrogen and oxygen atoms in total. The fourth-order valence-electron chi connectivity index (χ4n) is 0.687. The SMILES string of the molecule is C1C[CH2][AlH][O]C1. The van der Waals surface area contributed by atoms with Crippen molar-refractivity contribution in [3.8, 4) is 0 Å². The van der Waals surface area contributed by atoms with Gasteiger partial charge in [0.25, 0.3) is 0 Å². The Morgan fingerprint density at radius 2 is 2.33 bits per heavy atom. The van der Waals surface area contributed by atoms with Crippen LogP contribution in [0.2, 0.25) is 5.28 Å². The van der Waals surface area contributed by atoms with Gasteiger partial charge in [0, 0.05) is 6.61 Å². The zero-order valence-electron chi connectivity index (χ0n) is 3.94. The van der Waals surface area contributed by atoms with Gasteiger partial charge in [-0.25, -0.2) is 0 Å². The van der Waals surface area contributed by atoms with Crippen LogP contribution < -0.4 is 0 Å². The van der Waals surface area contributed by atoms with Crippen molar-refractivity contribution in [1.29, 1.82) is 0 Å². The second-order valence-corrected chi connectivity index (χ2v) is 3.20. The Balaban J connectivity index is 2.00. The minimum atomic E-state index is 0.00849. The second kappa shape index (κ2) is 2.63. The summed E-state index contributed by atoms with van der Waals surface area (Å²) in [6.07, 6.45) is 2.75. The van der Waals surface area contributed by atoms with E-state index in [1.54, 1.807) is 0 Å². The first kappa shape index (κ1) is 4.65. The van der Waals surface area contributed by atoms with Crippen molar-refractivity contribution in [2.45, 2.75) is 18.1 Å². The van der Waals surface area contributed by atoms with E-state index >= 15 is 0 Å². The normalized spacial score (nSPS) is 22.7. The Bertz CT molecular complexity index is 23.0. The highest BCUT2D eigenvalue weighted by Crippen LogP contribution is 2.01. The molecule has 1 saturated heterocycles. The predicted octanol–water partition coefficient (Wildman–Crippen LogP) is 0.567. The molecule has 1 fully saturated rings. The molecule has 6 heavy (non-hydrogen) atoms.